The van der Waals surface area contributed by atoms with Gasteiger partial charge in [-0.1, -0.05) is 29.4 Å². The third-order valence-corrected chi connectivity index (χ3v) is 7.02. The van der Waals surface area contributed by atoms with Crippen molar-refractivity contribution < 1.29 is 4.79 Å². The number of carbonyl (C=O) groups excluding carboxylic acids is 1. The molecule has 11 heteroatoms. The summed E-state index contributed by atoms with van der Waals surface area (Å²) in [5, 5.41) is 20.5. The Morgan fingerprint density at radius 1 is 0.973 bits per heavy atom. The molecule has 4 aromatic rings. The van der Waals surface area contributed by atoms with Crippen molar-refractivity contribution in [3.05, 3.63) is 75.2 Å². The van der Waals surface area contributed by atoms with E-state index in [1.807, 2.05) is 60.7 Å². The first-order chi connectivity index (χ1) is 17.9. The molecule has 4 heterocycles. The predicted octanol–water partition coefficient (Wildman–Crippen LogP) is 2.78. The summed E-state index contributed by atoms with van der Waals surface area (Å²) in [5.74, 6) is 1.58. The average molecular weight is 502 g/mol. The van der Waals surface area contributed by atoms with Gasteiger partial charge >= 0.3 is 0 Å². The largest absolute Gasteiger partial charge is 0.340 e. The van der Waals surface area contributed by atoms with Gasteiger partial charge in [-0.05, 0) is 56.0 Å². The van der Waals surface area contributed by atoms with Gasteiger partial charge in [-0.3, -0.25) is 9.69 Å². The van der Waals surface area contributed by atoms with Crippen LogP contribution >= 0.6 is 0 Å². The van der Waals surface area contributed by atoms with Crippen LogP contribution in [-0.2, 0) is 24.3 Å². The van der Waals surface area contributed by atoms with Gasteiger partial charge in [-0.25, -0.2) is 4.68 Å². The SMILES string of the molecule is Cc1nn(-c2ccc3nnc(C)n3n2)c(C)c1CCC(=O)N1CCN(Cc2cccc(CN=O)c2)CC1. The molecular weight excluding hydrogens is 470 g/mol. The maximum atomic E-state index is 13.0. The summed E-state index contributed by atoms with van der Waals surface area (Å²) in [6.07, 6.45) is 1.09. The molecule has 1 aromatic carbocycles. The second-order valence-electron chi connectivity index (χ2n) is 9.53. The van der Waals surface area contributed by atoms with E-state index >= 15 is 0 Å². The highest BCUT2D eigenvalue weighted by molar-refractivity contribution is 5.76. The van der Waals surface area contributed by atoms with E-state index in [9.17, 15) is 9.70 Å². The van der Waals surface area contributed by atoms with Gasteiger partial charge in [0.2, 0.25) is 5.91 Å². The molecule has 0 N–H and O–H groups in total. The summed E-state index contributed by atoms with van der Waals surface area (Å²) >= 11 is 0. The minimum Gasteiger partial charge on any atom is -0.340 e. The van der Waals surface area contributed by atoms with E-state index < -0.39 is 0 Å². The van der Waals surface area contributed by atoms with Crippen molar-refractivity contribution in [1.29, 1.82) is 0 Å². The van der Waals surface area contributed by atoms with E-state index in [1.54, 1.807) is 4.52 Å². The summed E-state index contributed by atoms with van der Waals surface area (Å²) in [5.41, 5.74) is 5.76. The molecule has 5 rings (SSSR count). The van der Waals surface area contributed by atoms with Gasteiger partial charge in [0.1, 0.15) is 6.54 Å². The summed E-state index contributed by atoms with van der Waals surface area (Å²) in [7, 11) is 0. The number of rotatable bonds is 8. The van der Waals surface area contributed by atoms with Gasteiger partial charge in [-0.15, -0.1) is 15.3 Å². The molecule has 192 valence electrons. The minimum atomic E-state index is 0.171. The highest BCUT2D eigenvalue weighted by atomic mass is 16.3. The van der Waals surface area contributed by atoms with Crippen LogP contribution in [0, 0.1) is 25.7 Å². The smallest absolute Gasteiger partial charge is 0.222 e. The molecule has 1 aliphatic heterocycles. The zero-order valence-corrected chi connectivity index (χ0v) is 21.5. The Morgan fingerprint density at radius 2 is 1.76 bits per heavy atom. The van der Waals surface area contributed by atoms with Crippen molar-refractivity contribution in [3.8, 4) is 5.82 Å². The lowest BCUT2D eigenvalue weighted by Gasteiger charge is -2.35. The van der Waals surface area contributed by atoms with Crippen molar-refractivity contribution in [1.82, 2.24) is 39.4 Å². The third kappa shape index (κ3) is 5.26. The number of aryl methyl sites for hydroxylation is 2. The van der Waals surface area contributed by atoms with E-state index in [-0.39, 0.29) is 12.5 Å². The number of hydrogen-bond acceptors (Lipinski definition) is 8. The first-order valence-corrected chi connectivity index (χ1v) is 12.5. The summed E-state index contributed by atoms with van der Waals surface area (Å²) in [6.45, 7) is 9.95. The fourth-order valence-electron chi connectivity index (χ4n) is 4.96. The number of fused-ring (bicyclic) bond motifs is 1. The molecule has 3 aromatic heterocycles. The molecule has 1 saturated heterocycles. The fraction of sp³-hybridized carbons (Fsp3) is 0.423. The monoisotopic (exact) mass is 501 g/mol. The van der Waals surface area contributed by atoms with E-state index in [4.69, 9.17) is 5.10 Å². The quantitative estimate of drug-likeness (QED) is 0.341. The molecule has 11 nitrogen and oxygen atoms in total. The highest BCUT2D eigenvalue weighted by Gasteiger charge is 2.22. The van der Waals surface area contributed by atoms with Crippen LogP contribution in [0.1, 0.15) is 40.3 Å². The lowest BCUT2D eigenvalue weighted by Crippen LogP contribution is -2.48. The summed E-state index contributed by atoms with van der Waals surface area (Å²) < 4.78 is 3.53. The van der Waals surface area contributed by atoms with Gasteiger partial charge in [-0.2, -0.15) is 14.5 Å². The van der Waals surface area contributed by atoms with Crippen molar-refractivity contribution in [2.24, 2.45) is 5.18 Å². The molecule has 0 spiro atoms. The molecule has 0 unspecified atom stereocenters. The Bertz CT molecular complexity index is 1430. The first kappa shape index (κ1) is 24.7. The van der Waals surface area contributed by atoms with Crippen LogP contribution in [0.15, 0.2) is 41.6 Å². The molecule has 1 amide bonds. The first-order valence-electron chi connectivity index (χ1n) is 12.5. The minimum absolute atomic E-state index is 0.171. The van der Waals surface area contributed by atoms with E-state index in [0.29, 0.717) is 43.2 Å². The standard InChI is InChI=1S/C26H31N9O2/c1-18-23(19(2)34(30-18)25-9-8-24-29-28-20(3)35(24)31-25)7-10-26(36)33-13-11-32(12-14-33)17-22-6-4-5-21(15-22)16-27-37/h4-6,8-9,15H,7,10-14,16-17H2,1-3H3. The van der Waals surface area contributed by atoms with Gasteiger partial charge in [0.05, 0.1) is 5.69 Å². The molecule has 0 bridgehead atoms. The molecule has 37 heavy (non-hydrogen) atoms. The van der Waals surface area contributed by atoms with Crippen LogP contribution in [0.4, 0.5) is 0 Å². The van der Waals surface area contributed by atoms with Crippen LogP contribution < -0.4 is 0 Å². The molecule has 0 radical (unpaired) electrons. The molecule has 0 saturated carbocycles. The van der Waals surface area contributed by atoms with Gasteiger partial charge in [0, 0.05) is 44.8 Å². The number of hydrogen-bond donors (Lipinski definition) is 0. The van der Waals surface area contributed by atoms with Gasteiger partial charge in [0.25, 0.3) is 0 Å². The van der Waals surface area contributed by atoms with Gasteiger partial charge < -0.3 is 4.90 Å². The van der Waals surface area contributed by atoms with E-state index in [2.05, 4.69) is 31.4 Å². The average Bonchev–Trinajstić information content (AvgIpc) is 3.41. The van der Waals surface area contributed by atoms with Crippen LogP contribution in [0.2, 0.25) is 0 Å². The number of benzene rings is 1. The Kier molecular flexibility index (Phi) is 7.04. The lowest BCUT2D eigenvalue weighted by molar-refractivity contribution is -0.133. The number of carbonyl (C=O) groups is 1. The molecule has 1 aliphatic rings. The number of amides is 1. The lowest BCUT2D eigenvalue weighted by atomic mass is 10.1. The number of nitroso groups, excluding NO2 is 1. The Labute approximate surface area is 215 Å². The van der Waals surface area contributed by atoms with Crippen molar-refractivity contribution in [2.75, 3.05) is 26.2 Å². The van der Waals surface area contributed by atoms with Crippen LogP contribution in [0.5, 0.6) is 0 Å². The van der Waals surface area contributed by atoms with Gasteiger partial charge in [0.15, 0.2) is 17.3 Å². The fourth-order valence-corrected chi connectivity index (χ4v) is 4.96. The predicted molar refractivity (Wildman–Crippen MR) is 138 cm³/mol. The Morgan fingerprint density at radius 3 is 2.54 bits per heavy atom. The van der Waals surface area contributed by atoms with Crippen LogP contribution in [0.3, 0.4) is 0 Å². The van der Waals surface area contributed by atoms with E-state index in [1.165, 1.54) is 0 Å². The van der Waals surface area contributed by atoms with E-state index in [0.717, 1.165) is 47.7 Å². The van der Waals surface area contributed by atoms with Crippen molar-refractivity contribution >= 4 is 11.6 Å². The number of aromatic nitrogens is 6. The third-order valence-electron chi connectivity index (χ3n) is 7.02. The summed E-state index contributed by atoms with van der Waals surface area (Å²) in [6, 6.07) is 11.7. The zero-order chi connectivity index (χ0) is 25.9. The normalized spacial score (nSPS) is 14.4. The number of piperazine rings is 1. The molecule has 0 atom stereocenters. The second-order valence-corrected chi connectivity index (χ2v) is 9.53. The summed E-state index contributed by atoms with van der Waals surface area (Å²) in [4.78, 5) is 27.9. The second kappa shape index (κ2) is 10.6. The van der Waals surface area contributed by atoms with Crippen LogP contribution in [0.25, 0.3) is 11.5 Å². The van der Waals surface area contributed by atoms with Crippen LogP contribution in [-0.4, -0.2) is 71.5 Å². The molecule has 0 aliphatic carbocycles. The molecule has 1 fully saturated rings. The maximum Gasteiger partial charge on any atom is 0.222 e. The van der Waals surface area contributed by atoms with Crippen molar-refractivity contribution in [2.45, 2.75) is 46.7 Å². The zero-order valence-electron chi connectivity index (χ0n) is 21.5. The Hall–Kier alpha value is -3.99. The van der Waals surface area contributed by atoms with Crippen molar-refractivity contribution in [3.63, 3.8) is 0 Å². The maximum absolute atomic E-state index is 13.0. The number of nitrogens with zero attached hydrogens (tertiary/aromatic N) is 9. The molecular formula is C26H31N9O2. The highest BCUT2D eigenvalue weighted by Crippen LogP contribution is 2.20. The topological polar surface area (TPSA) is 114 Å². The Balaban J connectivity index is 1.17.